The van der Waals surface area contributed by atoms with E-state index in [9.17, 15) is 4.79 Å². The number of carbonyl (C=O) groups excluding carboxylic acids is 1. The van der Waals surface area contributed by atoms with Gasteiger partial charge in [0.2, 0.25) is 5.88 Å². The monoisotopic (exact) mass is 382 g/mol. The van der Waals surface area contributed by atoms with Crippen LogP contribution in [0.4, 0.5) is 5.69 Å². The maximum absolute atomic E-state index is 11.6. The average molecular weight is 383 g/mol. The second kappa shape index (κ2) is 8.86. The Kier molecular flexibility index (Phi) is 7.65. The number of nitrogens with one attached hydrogen (secondary N) is 1. The highest BCUT2D eigenvalue weighted by Gasteiger charge is 2.36. The van der Waals surface area contributed by atoms with Crippen LogP contribution in [0.25, 0.3) is 0 Å². The molecule has 7 heteroatoms. The SMILES string of the molecule is COC(=O)C(C)(C)COc1ccc(NCCO[Si](C)(C)C(C)(C)C)cn1. The van der Waals surface area contributed by atoms with Crippen molar-refractivity contribution in [2.75, 3.05) is 32.2 Å². The number of hydrogen-bond acceptors (Lipinski definition) is 6. The third-order valence-corrected chi connectivity index (χ3v) is 9.29. The van der Waals surface area contributed by atoms with Crippen molar-refractivity contribution < 1.29 is 18.7 Å². The molecule has 0 aliphatic heterocycles. The Hall–Kier alpha value is -1.60. The Morgan fingerprint density at radius 3 is 2.35 bits per heavy atom. The smallest absolute Gasteiger partial charge is 0.314 e. The van der Waals surface area contributed by atoms with E-state index < -0.39 is 13.7 Å². The van der Waals surface area contributed by atoms with Crippen LogP contribution in [0, 0.1) is 5.41 Å². The lowest BCUT2D eigenvalue weighted by atomic mass is 9.95. The van der Waals surface area contributed by atoms with Gasteiger partial charge in [-0.3, -0.25) is 4.79 Å². The molecule has 0 bridgehead atoms. The molecular weight excluding hydrogens is 348 g/mol. The molecule has 1 N–H and O–H groups in total. The van der Waals surface area contributed by atoms with E-state index in [1.165, 1.54) is 7.11 Å². The van der Waals surface area contributed by atoms with Crippen LogP contribution in [0.2, 0.25) is 18.1 Å². The summed E-state index contributed by atoms with van der Waals surface area (Å²) in [5, 5.41) is 3.51. The summed E-state index contributed by atoms with van der Waals surface area (Å²) < 4.78 is 16.5. The standard InChI is InChI=1S/C19H34N2O4Si/c1-18(2,3)26(7,8)25-12-11-20-15-9-10-16(21-13-15)24-14-19(4,5)17(22)23-6/h9-10,13,20H,11-12,14H2,1-8H3. The first-order valence-electron chi connectivity index (χ1n) is 8.94. The molecule has 0 aromatic carbocycles. The van der Waals surface area contributed by atoms with E-state index in [0.717, 1.165) is 12.2 Å². The summed E-state index contributed by atoms with van der Waals surface area (Å²) in [5.41, 5.74) is 0.192. The van der Waals surface area contributed by atoms with Crippen molar-refractivity contribution in [1.29, 1.82) is 0 Å². The van der Waals surface area contributed by atoms with Gasteiger partial charge in [0.25, 0.3) is 0 Å². The number of pyridine rings is 1. The van der Waals surface area contributed by atoms with Gasteiger partial charge in [0.1, 0.15) is 6.61 Å². The van der Waals surface area contributed by atoms with Gasteiger partial charge in [-0.2, -0.15) is 0 Å². The largest absolute Gasteiger partial charge is 0.476 e. The van der Waals surface area contributed by atoms with Crippen molar-refractivity contribution in [1.82, 2.24) is 4.98 Å². The van der Waals surface area contributed by atoms with E-state index in [-0.39, 0.29) is 17.6 Å². The zero-order valence-electron chi connectivity index (χ0n) is 17.4. The van der Waals surface area contributed by atoms with Gasteiger partial charge in [0, 0.05) is 12.6 Å². The summed E-state index contributed by atoms with van der Waals surface area (Å²) in [6.07, 6.45) is 1.72. The first kappa shape index (κ1) is 22.4. The molecule has 0 spiro atoms. The normalized spacial score (nSPS) is 12.6. The lowest BCUT2D eigenvalue weighted by Gasteiger charge is -2.36. The molecule has 0 aliphatic rings. The van der Waals surface area contributed by atoms with E-state index in [0.29, 0.717) is 12.5 Å². The molecular formula is C19H34N2O4Si. The first-order valence-corrected chi connectivity index (χ1v) is 11.8. The molecule has 148 valence electrons. The average Bonchev–Trinajstić information content (AvgIpc) is 2.56. The number of aromatic nitrogens is 1. The van der Waals surface area contributed by atoms with Crippen molar-refractivity contribution in [3.63, 3.8) is 0 Å². The van der Waals surface area contributed by atoms with Crippen LogP contribution < -0.4 is 10.1 Å². The molecule has 1 aromatic heterocycles. The van der Waals surface area contributed by atoms with E-state index in [1.807, 2.05) is 6.07 Å². The summed E-state index contributed by atoms with van der Waals surface area (Å²) in [6.45, 7) is 16.3. The fourth-order valence-electron chi connectivity index (χ4n) is 1.88. The van der Waals surface area contributed by atoms with Gasteiger partial charge in [0.15, 0.2) is 8.32 Å². The van der Waals surface area contributed by atoms with Crippen LogP contribution in [0.15, 0.2) is 18.3 Å². The Balaban J connectivity index is 2.43. The van der Waals surface area contributed by atoms with Crippen LogP contribution in [0.1, 0.15) is 34.6 Å². The quantitative estimate of drug-likeness (QED) is 0.394. The second-order valence-corrected chi connectivity index (χ2v) is 13.4. The number of ether oxygens (including phenoxy) is 2. The molecule has 1 rings (SSSR count). The molecule has 0 saturated heterocycles. The number of rotatable bonds is 9. The van der Waals surface area contributed by atoms with E-state index in [2.05, 4.69) is 44.2 Å². The summed E-state index contributed by atoms with van der Waals surface area (Å²) in [5.74, 6) is 0.169. The molecule has 0 amide bonds. The Morgan fingerprint density at radius 1 is 1.19 bits per heavy atom. The highest BCUT2D eigenvalue weighted by atomic mass is 28.4. The number of carbonyl (C=O) groups is 1. The third-order valence-electron chi connectivity index (χ3n) is 4.76. The minimum atomic E-state index is -1.71. The number of nitrogens with zero attached hydrogens (tertiary/aromatic N) is 1. The van der Waals surface area contributed by atoms with E-state index in [4.69, 9.17) is 13.9 Å². The van der Waals surface area contributed by atoms with E-state index in [1.54, 1.807) is 26.1 Å². The number of methoxy groups -OCH3 is 1. The summed E-state index contributed by atoms with van der Waals surface area (Å²) in [4.78, 5) is 15.9. The number of anilines is 1. The molecule has 1 heterocycles. The summed E-state index contributed by atoms with van der Waals surface area (Å²) in [7, 11) is -0.334. The Morgan fingerprint density at radius 2 is 1.85 bits per heavy atom. The van der Waals surface area contributed by atoms with Crippen molar-refractivity contribution in [2.45, 2.75) is 52.8 Å². The molecule has 0 saturated carbocycles. The van der Waals surface area contributed by atoms with E-state index >= 15 is 0 Å². The van der Waals surface area contributed by atoms with Gasteiger partial charge in [-0.15, -0.1) is 0 Å². The van der Waals surface area contributed by atoms with Crippen LogP contribution in [-0.2, 0) is 14.0 Å². The van der Waals surface area contributed by atoms with Crippen LogP contribution in [-0.4, -0.2) is 46.1 Å². The van der Waals surface area contributed by atoms with Gasteiger partial charge in [-0.1, -0.05) is 20.8 Å². The highest BCUT2D eigenvalue weighted by Crippen LogP contribution is 2.36. The van der Waals surface area contributed by atoms with Crippen LogP contribution in [0.5, 0.6) is 5.88 Å². The van der Waals surface area contributed by atoms with Crippen molar-refractivity contribution in [3.05, 3.63) is 18.3 Å². The maximum Gasteiger partial charge on any atom is 0.314 e. The summed E-state index contributed by atoms with van der Waals surface area (Å²) >= 11 is 0. The molecule has 1 aromatic rings. The van der Waals surface area contributed by atoms with Gasteiger partial charge in [-0.25, -0.2) is 4.98 Å². The Labute approximate surface area is 158 Å². The molecule has 0 radical (unpaired) electrons. The van der Waals surface area contributed by atoms with Gasteiger partial charge >= 0.3 is 5.97 Å². The highest BCUT2D eigenvalue weighted by molar-refractivity contribution is 6.74. The predicted molar refractivity (Wildman–Crippen MR) is 107 cm³/mol. The lowest BCUT2D eigenvalue weighted by molar-refractivity contribution is -0.152. The molecule has 6 nitrogen and oxygen atoms in total. The number of esters is 1. The fraction of sp³-hybridized carbons (Fsp3) is 0.684. The van der Waals surface area contributed by atoms with Gasteiger partial charge < -0.3 is 19.2 Å². The zero-order chi connectivity index (χ0) is 20.0. The van der Waals surface area contributed by atoms with Crippen molar-refractivity contribution in [2.24, 2.45) is 5.41 Å². The van der Waals surface area contributed by atoms with Crippen LogP contribution >= 0.6 is 0 Å². The molecule has 0 atom stereocenters. The van der Waals surface area contributed by atoms with Crippen molar-refractivity contribution in [3.8, 4) is 5.88 Å². The van der Waals surface area contributed by atoms with Gasteiger partial charge in [-0.05, 0) is 38.0 Å². The molecule has 0 aliphatic carbocycles. The molecule has 0 unspecified atom stereocenters. The molecule has 26 heavy (non-hydrogen) atoms. The zero-order valence-corrected chi connectivity index (χ0v) is 18.4. The van der Waals surface area contributed by atoms with Crippen molar-refractivity contribution >= 4 is 20.0 Å². The molecule has 0 fully saturated rings. The fourth-order valence-corrected chi connectivity index (χ4v) is 2.92. The lowest BCUT2D eigenvalue weighted by Crippen LogP contribution is -2.41. The summed E-state index contributed by atoms with van der Waals surface area (Å²) in [6, 6.07) is 3.68. The second-order valence-electron chi connectivity index (χ2n) is 8.58. The first-order chi connectivity index (χ1) is 11.9. The minimum absolute atomic E-state index is 0.208. The predicted octanol–water partition coefficient (Wildman–Crippen LogP) is 4.09. The minimum Gasteiger partial charge on any atom is -0.476 e. The maximum atomic E-state index is 11.6. The van der Waals surface area contributed by atoms with Gasteiger partial charge in [0.05, 0.1) is 31.0 Å². The number of hydrogen-bond donors (Lipinski definition) is 1. The third kappa shape index (κ3) is 6.61. The Bertz CT molecular complexity index is 580. The van der Waals surface area contributed by atoms with Crippen LogP contribution in [0.3, 0.4) is 0 Å². The topological polar surface area (TPSA) is 69.7 Å².